The molecule has 1 N–H and O–H groups in total. The number of rotatable bonds is 7. The molecule has 0 fully saturated rings. The second-order valence-electron chi connectivity index (χ2n) is 8.87. The summed E-state index contributed by atoms with van der Waals surface area (Å²) >= 11 is 6.12. The predicted octanol–water partition coefficient (Wildman–Crippen LogP) is 5.53. The van der Waals surface area contributed by atoms with Crippen LogP contribution in [0, 0.1) is 5.82 Å². The fourth-order valence-corrected chi connectivity index (χ4v) is 4.54. The molecule has 4 rings (SSSR count). The topological polar surface area (TPSA) is 66.8 Å². The third-order valence-electron chi connectivity index (χ3n) is 5.93. The first-order chi connectivity index (χ1) is 16.2. The molecule has 0 saturated heterocycles. The number of carboxylic acids is 1. The lowest BCUT2D eigenvalue weighted by molar-refractivity contribution is -0.137. The number of amides is 1. The fraction of sp³-hybridized carbons (Fsp3) is 0.259. The molecule has 0 bridgehead atoms. The smallest absolute Gasteiger partial charge is 0.323 e. The maximum Gasteiger partial charge on any atom is 0.323 e. The highest BCUT2D eigenvalue weighted by molar-refractivity contribution is 6.30. The standard InChI is InChI=1S/C27H25ClFNO4/c1-27(15-18-4-2-6-22(28)12-18)11-10-20-14-21(8-9-24(20)34-27)26(33)30(17-25(31)32)16-19-5-3-7-23(29)13-19/h2-9,12-14H,10-11,15-17H2,1H3,(H,31,32)/t27-/m0/s1. The van der Waals surface area contributed by atoms with Crippen molar-refractivity contribution in [3.8, 4) is 5.75 Å². The van der Waals surface area contributed by atoms with Crippen molar-refractivity contribution in [2.45, 2.75) is 38.3 Å². The molecule has 3 aromatic carbocycles. The Morgan fingerprint density at radius 3 is 2.59 bits per heavy atom. The fourth-order valence-electron chi connectivity index (χ4n) is 4.33. The molecule has 1 atom stereocenters. The van der Waals surface area contributed by atoms with Crippen LogP contribution < -0.4 is 4.74 Å². The molecule has 0 saturated carbocycles. The quantitative estimate of drug-likeness (QED) is 0.481. The first-order valence-electron chi connectivity index (χ1n) is 11.0. The van der Waals surface area contributed by atoms with Gasteiger partial charge in [-0.1, -0.05) is 35.9 Å². The lowest BCUT2D eigenvalue weighted by Gasteiger charge is -2.36. The van der Waals surface area contributed by atoms with E-state index in [0.29, 0.717) is 28.3 Å². The van der Waals surface area contributed by atoms with E-state index in [4.69, 9.17) is 16.3 Å². The van der Waals surface area contributed by atoms with Crippen molar-refractivity contribution in [1.82, 2.24) is 4.90 Å². The van der Waals surface area contributed by atoms with Crippen LogP contribution in [-0.2, 0) is 24.2 Å². The number of halogens is 2. The maximum absolute atomic E-state index is 13.6. The van der Waals surface area contributed by atoms with E-state index in [9.17, 15) is 19.1 Å². The van der Waals surface area contributed by atoms with Gasteiger partial charge < -0.3 is 14.7 Å². The molecule has 0 radical (unpaired) electrons. The Morgan fingerprint density at radius 1 is 1.09 bits per heavy atom. The lowest BCUT2D eigenvalue weighted by Crippen LogP contribution is -2.39. The minimum absolute atomic E-state index is 0.00577. The first-order valence-corrected chi connectivity index (χ1v) is 11.4. The van der Waals surface area contributed by atoms with Crippen molar-refractivity contribution < 1.29 is 23.8 Å². The van der Waals surface area contributed by atoms with E-state index in [-0.39, 0.29) is 6.54 Å². The molecular weight excluding hydrogens is 457 g/mol. The number of ether oxygens (including phenoxy) is 1. The number of carboxylic acid groups (broad SMARTS) is 1. The number of aliphatic carboxylic acids is 1. The molecule has 1 heterocycles. The van der Waals surface area contributed by atoms with Crippen LogP contribution in [0.5, 0.6) is 5.75 Å². The van der Waals surface area contributed by atoms with Gasteiger partial charge in [-0.15, -0.1) is 0 Å². The van der Waals surface area contributed by atoms with Gasteiger partial charge in [-0.25, -0.2) is 4.39 Å². The van der Waals surface area contributed by atoms with Crippen LogP contribution in [0.25, 0.3) is 0 Å². The Labute approximate surface area is 202 Å². The third kappa shape index (κ3) is 5.75. The number of aryl methyl sites for hydroxylation is 1. The Bertz CT molecular complexity index is 1230. The van der Waals surface area contributed by atoms with Gasteiger partial charge >= 0.3 is 5.97 Å². The lowest BCUT2D eigenvalue weighted by atomic mass is 9.87. The molecule has 34 heavy (non-hydrogen) atoms. The summed E-state index contributed by atoms with van der Waals surface area (Å²) in [5.74, 6) is -1.29. The average Bonchev–Trinajstić information content (AvgIpc) is 2.77. The van der Waals surface area contributed by atoms with Crippen molar-refractivity contribution in [2.75, 3.05) is 6.54 Å². The zero-order chi connectivity index (χ0) is 24.3. The molecule has 3 aromatic rings. The van der Waals surface area contributed by atoms with Gasteiger partial charge in [0.05, 0.1) is 0 Å². The maximum atomic E-state index is 13.6. The van der Waals surface area contributed by atoms with Crippen molar-refractivity contribution >= 4 is 23.5 Å². The van der Waals surface area contributed by atoms with Gasteiger partial charge in [0.15, 0.2) is 0 Å². The van der Waals surface area contributed by atoms with Gasteiger partial charge in [-0.05, 0) is 78.9 Å². The van der Waals surface area contributed by atoms with Crippen molar-refractivity contribution in [3.63, 3.8) is 0 Å². The Kier molecular flexibility index (Phi) is 6.89. The molecule has 7 heteroatoms. The van der Waals surface area contributed by atoms with Gasteiger partial charge in [0, 0.05) is 23.6 Å². The van der Waals surface area contributed by atoms with Crippen molar-refractivity contribution in [2.24, 2.45) is 0 Å². The van der Waals surface area contributed by atoms with E-state index in [0.717, 1.165) is 24.0 Å². The summed E-state index contributed by atoms with van der Waals surface area (Å²) in [4.78, 5) is 25.8. The highest BCUT2D eigenvalue weighted by Crippen LogP contribution is 2.36. The number of hydrogen-bond donors (Lipinski definition) is 1. The van der Waals surface area contributed by atoms with Crippen LogP contribution in [0.3, 0.4) is 0 Å². The number of fused-ring (bicyclic) bond motifs is 1. The molecule has 1 aliphatic heterocycles. The van der Waals surface area contributed by atoms with Gasteiger partial charge in [-0.2, -0.15) is 0 Å². The van der Waals surface area contributed by atoms with Crippen molar-refractivity contribution in [3.05, 3.63) is 99.8 Å². The second-order valence-corrected chi connectivity index (χ2v) is 9.30. The van der Waals surface area contributed by atoms with Crippen LogP contribution in [0.4, 0.5) is 4.39 Å². The predicted molar refractivity (Wildman–Crippen MR) is 128 cm³/mol. The Hall–Kier alpha value is -3.38. The van der Waals surface area contributed by atoms with Gasteiger partial charge in [0.1, 0.15) is 23.7 Å². The van der Waals surface area contributed by atoms with E-state index in [1.807, 2.05) is 24.3 Å². The van der Waals surface area contributed by atoms with E-state index < -0.39 is 29.8 Å². The number of nitrogens with zero attached hydrogens (tertiary/aromatic N) is 1. The largest absolute Gasteiger partial charge is 0.487 e. The summed E-state index contributed by atoms with van der Waals surface area (Å²) in [6.07, 6.45) is 2.18. The number of carbonyl (C=O) groups excluding carboxylic acids is 1. The van der Waals surface area contributed by atoms with Crippen LogP contribution in [0.15, 0.2) is 66.7 Å². The molecule has 176 valence electrons. The summed E-state index contributed by atoms with van der Waals surface area (Å²) in [5.41, 5.74) is 2.48. The van der Waals surface area contributed by atoms with Crippen LogP contribution in [0.2, 0.25) is 5.02 Å². The molecule has 1 amide bonds. The summed E-state index contributed by atoms with van der Waals surface area (Å²) in [6, 6.07) is 18.7. The molecule has 0 aliphatic carbocycles. The normalized spacial score (nSPS) is 16.9. The summed E-state index contributed by atoms with van der Waals surface area (Å²) in [7, 11) is 0. The van der Waals surface area contributed by atoms with Gasteiger partial charge in [0.2, 0.25) is 0 Å². The van der Waals surface area contributed by atoms with E-state index in [1.54, 1.807) is 24.3 Å². The van der Waals surface area contributed by atoms with Crippen molar-refractivity contribution in [1.29, 1.82) is 0 Å². The zero-order valence-electron chi connectivity index (χ0n) is 18.8. The van der Waals surface area contributed by atoms with E-state index in [1.165, 1.54) is 23.1 Å². The minimum atomic E-state index is -1.14. The molecular formula is C27H25ClFNO4. The Balaban J connectivity index is 1.52. The first kappa shape index (κ1) is 23.8. The van der Waals surface area contributed by atoms with E-state index >= 15 is 0 Å². The molecule has 5 nitrogen and oxygen atoms in total. The highest BCUT2D eigenvalue weighted by Gasteiger charge is 2.32. The average molecular weight is 482 g/mol. The SMILES string of the molecule is C[C@@]1(Cc2cccc(Cl)c2)CCc2cc(C(=O)N(CC(=O)O)Cc3cccc(F)c3)ccc2O1. The molecule has 0 spiro atoms. The molecule has 0 aromatic heterocycles. The summed E-state index contributed by atoms with van der Waals surface area (Å²) in [5, 5.41) is 9.99. The molecule has 0 unspecified atom stereocenters. The highest BCUT2D eigenvalue weighted by atomic mass is 35.5. The minimum Gasteiger partial charge on any atom is -0.487 e. The summed E-state index contributed by atoms with van der Waals surface area (Å²) < 4.78 is 19.9. The van der Waals surface area contributed by atoms with Gasteiger partial charge in [-0.3, -0.25) is 9.59 Å². The monoisotopic (exact) mass is 481 g/mol. The summed E-state index contributed by atoms with van der Waals surface area (Å²) in [6.45, 7) is 1.57. The second kappa shape index (κ2) is 9.85. The number of benzene rings is 3. The Morgan fingerprint density at radius 2 is 1.85 bits per heavy atom. The van der Waals surface area contributed by atoms with Crippen LogP contribution >= 0.6 is 11.6 Å². The van der Waals surface area contributed by atoms with Gasteiger partial charge in [0.25, 0.3) is 5.91 Å². The van der Waals surface area contributed by atoms with Crippen LogP contribution in [0.1, 0.15) is 40.4 Å². The molecule has 1 aliphatic rings. The third-order valence-corrected chi connectivity index (χ3v) is 6.16. The van der Waals surface area contributed by atoms with Crippen LogP contribution in [-0.4, -0.2) is 34.0 Å². The van der Waals surface area contributed by atoms with E-state index in [2.05, 4.69) is 6.92 Å². The number of carbonyl (C=O) groups is 2. The zero-order valence-corrected chi connectivity index (χ0v) is 19.5. The number of hydrogen-bond acceptors (Lipinski definition) is 3.